The van der Waals surface area contributed by atoms with Gasteiger partial charge in [0.25, 0.3) is 25.9 Å². The quantitative estimate of drug-likeness (QED) is 0.103. The highest BCUT2D eigenvalue weighted by atomic mass is 32.2. The average molecular weight is 622 g/mol. The molecule has 0 saturated carbocycles. The van der Waals surface area contributed by atoms with Crippen LogP contribution in [0.15, 0.2) is 77.9 Å². The van der Waals surface area contributed by atoms with E-state index in [1.807, 2.05) is 0 Å². The highest BCUT2D eigenvalue weighted by molar-refractivity contribution is 7.86. The Morgan fingerprint density at radius 2 is 1.31 bits per heavy atom. The predicted octanol–water partition coefficient (Wildman–Crippen LogP) is 3.02. The summed E-state index contributed by atoms with van der Waals surface area (Å²) in [6.07, 6.45) is 0.0440. The second kappa shape index (κ2) is 13.0. The Labute approximate surface area is 241 Å². The van der Waals surface area contributed by atoms with Gasteiger partial charge < -0.3 is 9.47 Å². The van der Waals surface area contributed by atoms with Crippen LogP contribution in [0.5, 0.6) is 11.5 Å². The van der Waals surface area contributed by atoms with Gasteiger partial charge in [0.2, 0.25) is 0 Å². The number of hydrogen-bond acceptors (Lipinski definition) is 12. The second-order valence-electron chi connectivity index (χ2n) is 8.85. The van der Waals surface area contributed by atoms with Gasteiger partial charge in [-0.1, -0.05) is 36.4 Å². The molecule has 0 bridgehead atoms. The first kappa shape index (κ1) is 30.5. The minimum absolute atomic E-state index is 0.0124. The third-order valence-corrected chi connectivity index (χ3v) is 7.34. The van der Waals surface area contributed by atoms with Crippen LogP contribution in [-0.2, 0) is 20.2 Å². The minimum atomic E-state index is -4.17. The van der Waals surface area contributed by atoms with Crippen LogP contribution in [0.25, 0.3) is 0 Å². The molecule has 4 rings (SSSR count). The summed E-state index contributed by atoms with van der Waals surface area (Å²) in [6, 6.07) is 19.3. The smallest absolute Gasteiger partial charge is 0.296 e. The molecule has 42 heavy (non-hydrogen) atoms. The fraction of sp³-hybridized carbons (Fsp3) is 0.240. The number of nitro benzene ring substituents is 1. The number of para-hydroxylation sites is 5. The average Bonchev–Trinajstić information content (AvgIpc) is 3.38. The van der Waals surface area contributed by atoms with Crippen LogP contribution in [0.4, 0.5) is 17.1 Å². The van der Waals surface area contributed by atoms with E-state index in [1.54, 1.807) is 54.6 Å². The van der Waals surface area contributed by atoms with Crippen LogP contribution >= 0.6 is 0 Å². The molecule has 3 N–H and O–H groups in total. The lowest BCUT2D eigenvalue weighted by Crippen LogP contribution is -2.45. The van der Waals surface area contributed by atoms with E-state index in [9.17, 15) is 26.9 Å². The number of nitrogens with zero attached hydrogens (tertiary/aromatic N) is 4. The molecule has 0 aromatic heterocycles. The zero-order valence-corrected chi connectivity index (χ0v) is 23.6. The molecule has 0 aliphatic carbocycles. The third kappa shape index (κ3) is 8.06. The van der Waals surface area contributed by atoms with Gasteiger partial charge >= 0.3 is 0 Å². The van der Waals surface area contributed by atoms with E-state index in [1.165, 1.54) is 28.4 Å². The number of hydrazine groups is 2. The Balaban J connectivity index is 1.68. The Kier molecular flexibility index (Phi) is 9.46. The Morgan fingerprint density at radius 3 is 1.93 bits per heavy atom. The summed E-state index contributed by atoms with van der Waals surface area (Å²) >= 11 is 0. The van der Waals surface area contributed by atoms with Gasteiger partial charge in [-0.2, -0.15) is 22.0 Å². The summed E-state index contributed by atoms with van der Waals surface area (Å²) in [5.74, 6) is -0.129. The molecule has 3 aromatic rings. The summed E-state index contributed by atoms with van der Waals surface area (Å²) in [7, 11) is -8.32. The van der Waals surface area contributed by atoms with Crippen molar-refractivity contribution in [2.45, 2.75) is 12.8 Å². The van der Waals surface area contributed by atoms with Crippen molar-refractivity contribution in [3.8, 4) is 11.5 Å². The van der Waals surface area contributed by atoms with Gasteiger partial charge in [0.15, 0.2) is 11.5 Å². The number of benzene rings is 3. The van der Waals surface area contributed by atoms with Crippen molar-refractivity contribution in [3.05, 3.63) is 88.5 Å². The van der Waals surface area contributed by atoms with Crippen molar-refractivity contribution in [3.63, 3.8) is 0 Å². The van der Waals surface area contributed by atoms with E-state index in [0.29, 0.717) is 17.0 Å². The first-order valence-electron chi connectivity index (χ1n) is 12.5. The van der Waals surface area contributed by atoms with Crippen LogP contribution in [0.2, 0.25) is 0 Å². The van der Waals surface area contributed by atoms with E-state index in [0.717, 1.165) is 0 Å². The maximum Gasteiger partial charge on any atom is 0.296 e. The number of anilines is 2. The molecule has 0 radical (unpaired) electrons. The van der Waals surface area contributed by atoms with Crippen molar-refractivity contribution < 1.29 is 40.3 Å². The zero-order chi connectivity index (χ0) is 30.3. The van der Waals surface area contributed by atoms with Crippen molar-refractivity contribution in [2.75, 3.05) is 35.0 Å². The number of amidine groups is 1. The van der Waals surface area contributed by atoms with Gasteiger partial charge in [-0.05, 0) is 43.2 Å². The third-order valence-electron chi connectivity index (χ3n) is 5.73. The predicted molar refractivity (Wildman–Crippen MR) is 154 cm³/mol. The molecule has 1 aliphatic heterocycles. The Morgan fingerprint density at radius 1 is 0.786 bits per heavy atom. The highest BCUT2D eigenvalue weighted by Crippen LogP contribution is 2.37. The Bertz CT molecular complexity index is 1680. The van der Waals surface area contributed by atoms with Gasteiger partial charge in [-0.3, -0.25) is 24.6 Å². The van der Waals surface area contributed by atoms with Gasteiger partial charge in [0, 0.05) is 6.07 Å². The normalized spacial score (nSPS) is 13.4. The molecule has 0 unspecified atom stereocenters. The SMILES string of the molecule is O=[N+]([O-])c1ccccc1N1N=C(c2ccccc2OCCCS(=O)(=O)O)NN1c1ccccc1OCCCS(=O)(=O)O. The van der Waals surface area contributed by atoms with Crippen LogP contribution in [0, 0.1) is 10.1 Å². The second-order valence-corrected chi connectivity index (χ2v) is 12.0. The number of hydrogen-bond donors (Lipinski definition) is 3. The summed E-state index contributed by atoms with van der Waals surface area (Å²) in [5, 5.41) is 19.2. The van der Waals surface area contributed by atoms with Crippen molar-refractivity contribution >= 4 is 43.1 Å². The van der Waals surface area contributed by atoms with Crippen molar-refractivity contribution in [1.29, 1.82) is 0 Å². The van der Waals surface area contributed by atoms with Gasteiger partial charge in [-0.25, -0.2) is 0 Å². The summed E-state index contributed by atoms with van der Waals surface area (Å²) in [4.78, 5) is 11.3. The summed E-state index contributed by atoms with van der Waals surface area (Å²) in [6.45, 7) is -0.0774. The molecule has 0 spiro atoms. The van der Waals surface area contributed by atoms with E-state index >= 15 is 0 Å². The highest BCUT2D eigenvalue weighted by Gasteiger charge is 2.33. The first-order chi connectivity index (χ1) is 19.9. The molecule has 15 nitrogen and oxygen atoms in total. The molecule has 17 heteroatoms. The van der Waals surface area contributed by atoms with Crippen molar-refractivity contribution in [1.82, 2.24) is 5.43 Å². The molecular weight excluding hydrogens is 594 g/mol. The molecule has 0 saturated heterocycles. The molecule has 0 fully saturated rings. The van der Waals surface area contributed by atoms with Gasteiger partial charge in [-0.15, -0.1) is 10.2 Å². The first-order valence-corrected chi connectivity index (χ1v) is 15.7. The lowest BCUT2D eigenvalue weighted by atomic mass is 10.2. The monoisotopic (exact) mass is 621 g/mol. The number of nitro groups is 1. The number of hydrazone groups is 1. The minimum Gasteiger partial charge on any atom is -0.493 e. The Hall–Kier alpha value is -4.45. The summed E-state index contributed by atoms with van der Waals surface area (Å²) in [5.41, 5.74) is 3.79. The molecule has 224 valence electrons. The van der Waals surface area contributed by atoms with Crippen LogP contribution in [-0.4, -0.2) is 61.4 Å². The summed E-state index contributed by atoms with van der Waals surface area (Å²) < 4.78 is 73.8. The van der Waals surface area contributed by atoms with Crippen LogP contribution < -0.4 is 25.1 Å². The molecule has 3 aromatic carbocycles. The van der Waals surface area contributed by atoms with Gasteiger partial charge in [0.1, 0.15) is 17.2 Å². The number of rotatable bonds is 14. The van der Waals surface area contributed by atoms with Crippen LogP contribution in [0.1, 0.15) is 18.4 Å². The molecular formula is C25H27N5O10S2. The van der Waals surface area contributed by atoms with E-state index in [-0.39, 0.29) is 49.0 Å². The fourth-order valence-corrected chi connectivity index (χ4v) is 4.89. The van der Waals surface area contributed by atoms with Gasteiger partial charge in [0.05, 0.1) is 35.2 Å². The number of ether oxygens (including phenoxy) is 2. The standard InChI is InChI=1S/C25H27N5O10S2/c31-30(32)21-11-3-2-10-20(21)28-26-25(19-9-1-5-13-23(19)39-15-7-17-41(33,34)35)27-29(28)22-12-4-6-14-24(22)40-16-8-18-42(36,37)38/h1-6,9-14H,7-8,15-18H2,(H,26,27)(H,33,34,35)(H,36,37,38). The van der Waals surface area contributed by atoms with E-state index < -0.39 is 36.7 Å². The topological polar surface area (TPSA) is 201 Å². The maximum atomic E-state index is 11.9. The zero-order valence-electron chi connectivity index (χ0n) is 21.9. The number of nitrogens with one attached hydrogen (secondary N) is 1. The lowest BCUT2D eigenvalue weighted by Gasteiger charge is -2.29. The lowest BCUT2D eigenvalue weighted by molar-refractivity contribution is -0.384. The van der Waals surface area contributed by atoms with E-state index in [2.05, 4.69) is 10.5 Å². The molecule has 1 heterocycles. The maximum absolute atomic E-state index is 11.9. The molecule has 1 aliphatic rings. The largest absolute Gasteiger partial charge is 0.493 e. The van der Waals surface area contributed by atoms with Crippen LogP contribution in [0.3, 0.4) is 0 Å². The van der Waals surface area contributed by atoms with E-state index in [4.69, 9.17) is 18.6 Å². The fourth-order valence-electron chi connectivity index (χ4n) is 3.92. The van der Waals surface area contributed by atoms with Crippen molar-refractivity contribution in [2.24, 2.45) is 5.10 Å². The molecule has 0 atom stereocenters. The molecule has 0 amide bonds.